The minimum atomic E-state index is 1.08. The van der Waals surface area contributed by atoms with Crippen molar-refractivity contribution in [3.05, 3.63) is 303 Å². The van der Waals surface area contributed by atoms with E-state index in [1.807, 2.05) is 0 Å². The van der Waals surface area contributed by atoms with E-state index in [-0.39, 0.29) is 0 Å². The number of anilines is 3. The van der Waals surface area contributed by atoms with Crippen LogP contribution in [0.25, 0.3) is 126 Å². The molecular weight excluding hydrogens is 941 g/mol. The largest absolute Gasteiger partial charge is 0.311 e. The summed E-state index contributed by atoms with van der Waals surface area (Å²) in [5, 5.41) is 12.4. The van der Waals surface area contributed by atoms with Crippen molar-refractivity contribution in [1.29, 1.82) is 0 Å². The van der Waals surface area contributed by atoms with Crippen molar-refractivity contribution in [2.24, 2.45) is 0 Å². The maximum absolute atomic E-state index is 2.44. The molecule has 0 aliphatic heterocycles. The summed E-state index contributed by atoms with van der Waals surface area (Å²) in [5.41, 5.74) is 18.9. The summed E-state index contributed by atoms with van der Waals surface area (Å²) in [6, 6.07) is 111. The molecule has 0 fully saturated rings. The zero-order valence-electron chi connectivity index (χ0n) is 42.8. The number of fused-ring (bicyclic) bond motifs is 7. The fraction of sp³-hybridized carbons (Fsp3) is 0. The highest BCUT2D eigenvalue weighted by atomic mass is 15.1. The first kappa shape index (κ1) is 45.1. The van der Waals surface area contributed by atoms with Crippen LogP contribution in [0, 0.1) is 0 Å². The number of aromatic nitrogens is 1. The minimum Gasteiger partial charge on any atom is -0.311 e. The van der Waals surface area contributed by atoms with Crippen LogP contribution >= 0.6 is 0 Å². The highest BCUT2D eigenvalue weighted by molar-refractivity contribution is 6.22. The van der Waals surface area contributed by atoms with E-state index in [1.165, 1.54) is 115 Å². The van der Waals surface area contributed by atoms with E-state index in [1.54, 1.807) is 0 Å². The first-order chi connectivity index (χ1) is 38.7. The molecular formula is C76H50N2. The van der Waals surface area contributed by atoms with E-state index in [4.69, 9.17) is 0 Å². The molecule has 14 aromatic carbocycles. The maximum Gasteiger partial charge on any atom is 0.0541 e. The summed E-state index contributed by atoms with van der Waals surface area (Å²) < 4.78 is 2.44. The van der Waals surface area contributed by atoms with Gasteiger partial charge in [-0.3, -0.25) is 0 Å². The molecule has 0 bridgehead atoms. The van der Waals surface area contributed by atoms with Crippen molar-refractivity contribution in [2.45, 2.75) is 0 Å². The molecule has 0 spiro atoms. The molecule has 0 unspecified atom stereocenters. The zero-order valence-corrected chi connectivity index (χ0v) is 42.8. The molecule has 2 heteroatoms. The van der Waals surface area contributed by atoms with E-state index in [0.29, 0.717) is 0 Å². The van der Waals surface area contributed by atoms with Crippen LogP contribution in [0.5, 0.6) is 0 Å². The Morgan fingerprint density at radius 2 is 0.603 bits per heavy atom. The molecule has 0 saturated carbocycles. The van der Waals surface area contributed by atoms with Gasteiger partial charge in [0, 0.05) is 33.5 Å². The monoisotopic (exact) mass is 990 g/mol. The Hall–Kier alpha value is -10.3. The molecule has 0 amide bonds. The lowest BCUT2D eigenvalue weighted by Gasteiger charge is -2.26. The van der Waals surface area contributed by atoms with Crippen LogP contribution in [0.2, 0.25) is 0 Å². The van der Waals surface area contributed by atoms with Gasteiger partial charge in [0.2, 0.25) is 0 Å². The summed E-state index contributed by atoms with van der Waals surface area (Å²) in [5.74, 6) is 0. The Kier molecular flexibility index (Phi) is 10.9. The van der Waals surface area contributed by atoms with Gasteiger partial charge in [-0.05, 0) is 178 Å². The van der Waals surface area contributed by atoms with Crippen molar-refractivity contribution in [3.63, 3.8) is 0 Å². The van der Waals surface area contributed by atoms with Gasteiger partial charge in [0.25, 0.3) is 0 Å². The quantitative estimate of drug-likeness (QED) is 0.131. The number of rotatable bonds is 9. The minimum absolute atomic E-state index is 1.08. The normalized spacial score (nSPS) is 11.6. The van der Waals surface area contributed by atoms with Crippen LogP contribution in [0.4, 0.5) is 17.1 Å². The second kappa shape index (κ2) is 18.8. The predicted molar refractivity (Wildman–Crippen MR) is 333 cm³/mol. The molecule has 15 aromatic rings. The third kappa shape index (κ3) is 7.65. The number of hydrogen-bond donors (Lipinski definition) is 0. The molecule has 15 rings (SSSR count). The standard InChI is InChI=1S/C76H50N2/c1-4-20-54(21-5-1)75-67-30-14-15-31-68(67)76(55-22-6-2-7-23-55)72-48-56(36-45-69(72)75)51-34-39-60(40-35-51)77(59-26-8-3-9-27-59)61-41-43-62(44-42-61)78-73-46-37-57(65-32-16-24-52-18-10-12-28-63(52)65)49-70(73)71-50-58(38-47-74(71)78)66-33-17-25-53-19-11-13-29-64(53)66/h1-50H. The van der Waals surface area contributed by atoms with Crippen molar-refractivity contribution in [1.82, 2.24) is 4.57 Å². The molecule has 0 saturated heterocycles. The molecule has 78 heavy (non-hydrogen) atoms. The summed E-state index contributed by atoms with van der Waals surface area (Å²) in [6.07, 6.45) is 0. The first-order valence-corrected chi connectivity index (χ1v) is 26.9. The highest BCUT2D eigenvalue weighted by Gasteiger charge is 2.20. The van der Waals surface area contributed by atoms with E-state index in [9.17, 15) is 0 Å². The third-order valence-electron chi connectivity index (χ3n) is 16.0. The van der Waals surface area contributed by atoms with Crippen LogP contribution in [0.3, 0.4) is 0 Å². The molecule has 2 nitrogen and oxygen atoms in total. The average Bonchev–Trinajstić information content (AvgIpc) is 4.01. The van der Waals surface area contributed by atoms with E-state index >= 15 is 0 Å². The van der Waals surface area contributed by atoms with Gasteiger partial charge in [-0.25, -0.2) is 0 Å². The van der Waals surface area contributed by atoms with Gasteiger partial charge in [-0.2, -0.15) is 0 Å². The van der Waals surface area contributed by atoms with Crippen LogP contribution in [-0.2, 0) is 0 Å². The van der Waals surface area contributed by atoms with Crippen LogP contribution in [0.1, 0.15) is 0 Å². The van der Waals surface area contributed by atoms with E-state index in [0.717, 1.165) is 28.3 Å². The fourth-order valence-corrected chi connectivity index (χ4v) is 12.4. The topological polar surface area (TPSA) is 8.17 Å². The van der Waals surface area contributed by atoms with Crippen LogP contribution in [0.15, 0.2) is 303 Å². The zero-order chi connectivity index (χ0) is 51.5. The molecule has 0 N–H and O–H groups in total. The Morgan fingerprint density at radius 3 is 1.14 bits per heavy atom. The lowest BCUT2D eigenvalue weighted by molar-refractivity contribution is 1.17. The SMILES string of the molecule is c1ccc(-c2c3ccccc3c(-c3ccccc3)c3cc(-c4ccc(N(c5ccccc5)c5ccc(-n6c7ccc(-c8cccc9ccccc89)cc7c7cc(-c8cccc9ccccc89)ccc76)cc5)cc4)ccc23)cc1. The molecule has 1 heterocycles. The summed E-state index contributed by atoms with van der Waals surface area (Å²) in [7, 11) is 0. The molecule has 0 aliphatic carbocycles. The Bertz CT molecular complexity index is 4600. The summed E-state index contributed by atoms with van der Waals surface area (Å²) in [4.78, 5) is 2.36. The van der Waals surface area contributed by atoms with Gasteiger partial charge in [0.15, 0.2) is 0 Å². The molecule has 1 aromatic heterocycles. The molecule has 0 radical (unpaired) electrons. The molecule has 0 atom stereocenters. The number of nitrogens with zero attached hydrogens (tertiary/aromatic N) is 2. The highest BCUT2D eigenvalue weighted by Crippen LogP contribution is 2.46. The summed E-state index contributed by atoms with van der Waals surface area (Å²) in [6.45, 7) is 0. The first-order valence-electron chi connectivity index (χ1n) is 26.9. The van der Waals surface area contributed by atoms with Crippen molar-refractivity contribution in [2.75, 3.05) is 4.90 Å². The second-order valence-corrected chi connectivity index (χ2v) is 20.4. The Labute approximate surface area is 453 Å². The summed E-state index contributed by atoms with van der Waals surface area (Å²) >= 11 is 0. The van der Waals surface area contributed by atoms with Gasteiger partial charge >= 0.3 is 0 Å². The second-order valence-electron chi connectivity index (χ2n) is 20.4. The lowest BCUT2D eigenvalue weighted by Crippen LogP contribution is -2.10. The predicted octanol–water partition coefficient (Wildman–Crippen LogP) is 21.2. The number of para-hydroxylation sites is 1. The van der Waals surface area contributed by atoms with Crippen molar-refractivity contribution >= 4 is 82.0 Å². The lowest BCUT2D eigenvalue weighted by atomic mass is 9.85. The van der Waals surface area contributed by atoms with Crippen LogP contribution in [-0.4, -0.2) is 4.57 Å². The van der Waals surface area contributed by atoms with Gasteiger partial charge < -0.3 is 9.47 Å². The molecule has 364 valence electrons. The van der Waals surface area contributed by atoms with Crippen LogP contribution < -0.4 is 4.90 Å². The Morgan fingerprint density at radius 1 is 0.218 bits per heavy atom. The van der Waals surface area contributed by atoms with E-state index < -0.39 is 0 Å². The third-order valence-corrected chi connectivity index (χ3v) is 16.0. The molecule has 0 aliphatic rings. The number of benzene rings is 14. The van der Waals surface area contributed by atoms with Gasteiger partial charge in [0.1, 0.15) is 0 Å². The van der Waals surface area contributed by atoms with E-state index in [2.05, 4.69) is 313 Å². The van der Waals surface area contributed by atoms with Gasteiger partial charge in [0.05, 0.1) is 11.0 Å². The maximum atomic E-state index is 2.44. The number of hydrogen-bond acceptors (Lipinski definition) is 1. The Balaban J connectivity index is 0.837. The average molecular weight is 991 g/mol. The fourth-order valence-electron chi connectivity index (χ4n) is 12.4. The van der Waals surface area contributed by atoms with Gasteiger partial charge in [-0.15, -0.1) is 0 Å². The van der Waals surface area contributed by atoms with Crippen molar-refractivity contribution < 1.29 is 0 Å². The van der Waals surface area contributed by atoms with Gasteiger partial charge in [-0.1, -0.05) is 224 Å². The van der Waals surface area contributed by atoms with Crippen molar-refractivity contribution in [3.8, 4) is 61.3 Å². The smallest absolute Gasteiger partial charge is 0.0541 e.